The van der Waals surface area contributed by atoms with Gasteiger partial charge in [0.1, 0.15) is 11.3 Å². The van der Waals surface area contributed by atoms with Gasteiger partial charge >= 0.3 is 5.63 Å². The highest BCUT2D eigenvalue weighted by atomic mass is 16.5. The van der Waals surface area contributed by atoms with Gasteiger partial charge in [-0.25, -0.2) is 4.79 Å². The Morgan fingerprint density at radius 2 is 1.93 bits per heavy atom. The Morgan fingerprint density at radius 3 is 2.79 bits per heavy atom. The molecule has 1 aliphatic rings. The van der Waals surface area contributed by atoms with E-state index in [1.54, 1.807) is 47.4 Å². The minimum Gasteiger partial charge on any atom is -0.484 e. The van der Waals surface area contributed by atoms with Crippen LogP contribution in [0.4, 0.5) is 11.4 Å². The number of fused-ring (bicyclic) bond motifs is 1. The molecule has 0 saturated carbocycles. The lowest BCUT2D eigenvalue weighted by atomic mass is 10.1. The minimum absolute atomic E-state index is 0.103. The summed E-state index contributed by atoms with van der Waals surface area (Å²) in [5, 5.41) is 3.55. The van der Waals surface area contributed by atoms with E-state index in [0.717, 1.165) is 23.9 Å². The van der Waals surface area contributed by atoms with Crippen LogP contribution in [0.15, 0.2) is 63.8 Å². The highest BCUT2D eigenvalue weighted by Gasteiger charge is 2.19. The lowest BCUT2D eigenvalue weighted by molar-refractivity contribution is -0.119. The number of amides is 2. The summed E-state index contributed by atoms with van der Waals surface area (Å²) in [6.45, 7) is 0.493. The number of carbonyl (C=O) groups is 2. The number of rotatable bonds is 5. The fraction of sp³-hybridized carbons (Fsp3) is 0.227. The Balaban J connectivity index is 1.39. The molecule has 0 unspecified atom stereocenters. The van der Waals surface area contributed by atoms with E-state index in [9.17, 15) is 14.4 Å². The van der Waals surface area contributed by atoms with Gasteiger partial charge in [-0.3, -0.25) is 9.59 Å². The van der Waals surface area contributed by atoms with Crippen molar-refractivity contribution in [1.29, 1.82) is 0 Å². The molecule has 0 atom stereocenters. The van der Waals surface area contributed by atoms with E-state index in [-0.39, 0.29) is 18.4 Å². The molecule has 0 spiro atoms. The molecule has 1 N–H and O–H groups in total. The zero-order valence-corrected chi connectivity index (χ0v) is 15.7. The van der Waals surface area contributed by atoms with E-state index < -0.39 is 5.63 Å². The summed E-state index contributed by atoms with van der Waals surface area (Å²) < 4.78 is 10.6. The molecule has 2 aromatic carbocycles. The first-order valence-corrected chi connectivity index (χ1v) is 9.45. The molecule has 3 aromatic rings. The Kier molecular flexibility index (Phi) is 5.29. The lowest BCUT2D eigenvalue weighted by Gasteiger charge is -2.27. The van der Waals surface area contributed by atoms with Crippen LogP contribution in [-0.4, -0.2) is 25.0 Å². The maximum Gasteiger partial charge on any atom is 0.336 e. The molecule has 148 valence electrons. The topological polar surface area (TPSA) is 88.8 Å². The van der Waals surface area contributed by atoms with Gasteiger partial charge in [0.05, 0.1) is 0 Å². The Morgan fingerprint density at radius 1 is 1.07 bits per heavy atom. The predicted octanol–water partition coefficient (Wildman–Crippen LogP) is 3.33. The molecule has 1 aliphatic heterocycles. The number of piperidine rings is 1. The summed E-state index contributed by atoms with van der Waals surface area (Å²) in [5.41, 5.74) is 1.32. The molecule has 1 aromatic heterocycles. The quantitative estimate of drug-likeness (QED) is 0.673. The Bertz CT molecular complexity index is 1120. The Hall–Kier alpha value is -3.61. The average Bonchev–Trinajstić information content (AvgIpc) is 2.72. The number of ether oxygens (including phenoxy) is 1. The molecule has 1 saturated heterocycles. The lowest BCUT2D eigenvalue weighted by Crippen LogP contribution is -2.35. The van der Waals surface area contributed by atoms with Crippen molar-refractivity contribution < 1.29 is 18.7 Å². The second-order valence-electron chi connectivity index (χ2n) is 6.84. The summed E-state index contributed by atoms with van der Waals surface area (Å²) in [4.78, 5) is 37.4. The average molecular weight is 392 g/mol. The molecular weight excluding hydrogens is 372 g/mol. The molecule has 0 radical (unpaired) electrons. The second kappa shape index (κ2) is 8.18. The van der Waals surface area contributed by atoms with E-state index in [1.165, 1.54) is 6.07 Å². The molecule has 7 heteroatoms. The van der Waals surface area contributed by atoms with Gasteiger partial charge in [-0.15, -0.1) is 0 Å². The number of anilines is 2. The van der Waals surface area contributed by atoms with Crippen LogP contribution in [0.25, 0.3) is 11.0 Å². The molecule has 2 amide bonds. The van der Waals surface area contributed by atoms with Crippen molar-refractivity contribution in [2.45, 2.75) is 19.3 Å². The monoisotopic (exact) mass is 392 g/mol. The smallest absolute Gasteiger partial charge is 0.336 e. The standard InChI is InChI=1S/C22H20N2O5/c25-20(14-28-18-9-7-15-8-10-22(27)29-19(15)13-18)23-16-4-3-5-17(12-16)24-11-2-1-6-21(24)26/h3-5,7-10,12-13H,1-2,6,11,14H2,(H,23,25). The molecule has 29 heavy (non-hydrogen) atoms. The van der Waals surface area contributed by atoms with Crippen molar-refractivity contribution in [3.63, 3.8) is 0 Å². The zero-order valence-electron chi connectivity index (χ0n) is 15.7. The van der Waals surface area contributed by atoms with Gasteiger partial charge < -0.3 is 19.4 Å². The van der Waals surface area contributed by atoms with Gasteiger partial charge in [-0.2, -0.15) is 0 Å². The largest absolute Gasteiger partial charge is 0.484 e. The third-order valence-electron chi connectivity index (χ3n) is 4.73. The number of hydrogen-bond acceptors (Lipinski definition) is 5. The maximum absolute atomic E-state index is 12.3. The second-order valence-corrected chi connectivity index (χ2v) is 6.84. The summed E-state index contributed by atoms with van der Waals surface area (Å²) in [6, 6.07) is 15.3. The van der Waals surface area contributed by atoms with Gasteiger partial charge in [-0.1, -0.05) is 6.07 Å². The predicted molar refractivity (Wildman–Crippen MR) is 109 cm³/mol. The summed E-state index contributed by atoms with van der Waals surface area (Å²) in [5.74, 6) is 0.197. The van der Waals surface area contributed by atoms with Crippen molar-refractivity contribution >= 4 is 34.2 Å². The normalized spacial score (nSPS) is 14.1. The van der Waals surface area contributed by atoms with Gasteiger partial charge in [0.25, 0.3) is 5.91 Å². The van der Waals surface area contributed by atoms with Crippen LogP contribution in [0, 0.1) is 0 Å². The molecule has 0 bridgehead atoms. The molecule has 1 fully saturated rings. The highest BCUT2D eigenvalue weighted by Crippen LogP contribution is 2.24. The van der Waals surface area contributed by atoms with Crippen molar-refractivity contribution in [3.05, 3.63) is 65.0 Å². The maximum atomic E-state index is 12.3. The summed E-state index contributed by atoms with van der Waals surface area (Å²) in [6.07, 6.45) is 2.44. The van der Waals surface area contributed by atoms with Crippen LogP contribution >= 0.6 is 0 Å². The third-order valence-corrected chi connectivity index (χ3v) is 4.73. The van der Waals surface area contributed by atoms with E-state index in [2.05, 4.69) is 5.32 Å². The van der Waals surface area contributed by atoms with Crippen molar-refractivity contribution in [2.24, 2.45) is 0 Å². The van der Waals surface area contributed by atoms with Crippen LogP contribution in [0.2, 0.25) is 0 Å². The van der Waals surface area contributed by atoms with Crippen molar-refractivity contribution in [2.75, 3.05) is 23.4 Å². The van der Waals surface area contributed by atoms with Crippen molar-refractivity contribution in [1.82, 2.24) is 0 Å². The molecule has 7 nitrogen and oxygen atoms in total. The molecule has 4 rings (SSSR count). The van der Waals surface area contributed by atoms with Crippen molar-refractivity contribution in [3.8, 4) is 5.75 Å². The summed E-state index contributed by atoms with van der Waals surface area (Å²) in [7, 11) is 0. The molecular formula is C22H20N2O5. The fourth-order valence-electron chi connectivity index (χ4n) is 3.31. The first-order valence-electron chi connectivity index (χ1n) is 9.45. The SMILES string of the molecule is O=C(COc1ccc2ccc(=O)oc2c1)Nc1cccc(N2CCCCC2=O)c1. The van der Waals surface area contributed by atoms with E-state index in [4.69, 9.17) is 9.15 Å². The van der Waals surface area contributed by atoms with Gasteiger partial charge in [0.2, 0.25) is 5.91 Å². The van der Waals surface area contributed by atoms with Gasteiger partial charge in [-0.05, 0) is 49.2 Å². The number of carbonyl (C=O) groups excluding carboxylic acids is 2. The third kappa shape index (κ3) is 4.45. The number of benzene rings is 2. The van der Waals surface area contributed by atoms with Gasteiger partial charge in [0.15, 0.2) is 6.61 Å². The number of nitrogens with one attached hydrogen (secondary N) is 1. The number of nitrogens with zero attached hydrogens (tertiary/aromatic N) is 1. The number of hydrogen-bond donors (Lipinski definition) is 1. The highest BCUT2D eigenvalue weighted by molar-refractivity contribution is 5.96. The molecule has 2 heterocycles. The summed E-state index contributed by atoms with van der Waals surface area (Å²) >= 11 is 0. The van der Waals surface area contributed by atoms with Crippen LogP contribution in [0.1, 0.15) is 19.3 Å². The van der Waals surface area contributed by atoms with E-state index in [0.29, 0.717) is 30.0 Å². The fourth-order valence-corrected chi connectivity index (χ4v) is 3.31. The van der Waals surface area contributed by atoms with E-state index >= 15 is 0 Å². The Labute approximate surface area is 166 Å². The minimum atomic E-state index is -0.445. The van der Waals surface area contributed by atoms with Crippen LogP contribution < -0.4 is 20.6 Å². The van der Waals surface area contributed by atoms with E-state index in [1.807, 2.05) is 6.07 Å². The zero-order chi connectivity index (χ0) is 20.2. The first kappa shape index (κ1) is 18.7. The first-order chi connectivity index (χ1) is 14.1. The van der Waals surface area contributed by atoms with Crippen LogP contribution in [0.3, 0.4) is 0 Å². The molecule has 0 aliphatic carbocycles. The van der Waals surface area contributed by atoms with Gasteiger partial charge in [0, 0.05) is 41.9 Å². The van der Waals surface area contributed by atoms with Crippen LogP contribution in [-0.2, 0) is 9.59 Å². The van der Waals surface area contributed by atoms with Crippen LogP contribution in [0.5, 0.6) is 5.75 Å².